The lowest BCUT2D eigenvalue weighted by Gasteiger charge is -1.86. The Labute approximate surface area is 55.8 Å². The van der Waals surface area contributed by atoms with E-state index >= 15 is 0 Å². The zero-order chi connectivity index (χ0) is 7.11. The van der Waals surface area contributed by atoms with Gasteiger partial charge in [-0.3, -0.25) is 4.99 Å². The summed E-state index contributed by atoms with van der Waals surface area (Å²) in [5.74, 6) is 0. The van der Waals surface area contributed by atoms with Gasteiger partial charge in [-0.15, -0.1) is 0 Å². The van der Waals surface area contributed by atoms with Gasteiger partial charge in [-0.1, -0.05) is 13.5 Å². The predicted octanol–water partition coefficient (Wildman–Crippen LogP) is 1.45. The van der Waals surface area contributed by atoms with Crippen LogP contribution in [0.3, 0.4) is 0 Å². The Balaban J connectivity index is 3.57. The summed E-state index contributed by atoms with van der Waals surface area (Å²) in [6.45, 7) is 5.68. The highest BCUT2D eigenvalue weighted by molar-refractivity contribution is 5.71. The minimum atomic E-state index is 0.869. The largest absolute Gasteiger partial charge is 0.405 e. The van der Waals surface area contributed by atoms with Crippen LogP contribution in [0.15, 0.2) is 29.5 Å². The molecule has 9 heavy (non-hydrogen) atoms. The molecule has 2 nitrogen and oxygen atoms in total. The predicted molar refractivity (Wildman–Crippen MR) is 41.3 cm³/mol. The molecule has 0 aromatic carbocycles. The van der Waals surface area contributed by atoms with Gasteiger partial charge < -0.3 is 5.73 Å². The van der Waals surface area contributed by atoms with E-state index in [1.807, 2.05) is 6.92 Å². The quantitative estimate of drug-likeness (QED) is 0.568. The summed E-state index contributed by atoms with van der Waals surface area (Å²) < 4.78 is 0. The molecule has 2 heteroatoms. The van der Waals surface area contributed by atoms with Crippen molar-refractivity contribution in [3.63, 3.8) is 0 Å². The molecule has 50 valence electrons. The molecule has 0 amide bonds. The molecule has 0 saturated carbocycles. The summed E-state index contributed by atoms with van der Waals surface area (Å²) in [5, 5.41) is 0. The summed E-state index contributed by atoms with van der Waals surface area (Å²) >= 11 is 0. The van der Waals surface area contributed by atoms with Crippen molar-refractivity contribution in [3.8, 4) is 0 Å². The average molecular weight is 124 g/mol. The molecular weight excluding hydrogens is 112 g/mol. The third kappa shape index (κ3) is 4.81. The number of hydrogen-bond donors (Lipinski definition) is 1. The first-order chi connectivity index (χ1) is 4.31. The number of allylic oxidation sites excluding steroid dienone is 2. The second-order valence-electron chi connectivity index (χ2n) is 1.58. The van der Waals surface area contributed by atoms with E-state index in [1.54, 1.807) is 12.3 Å². The molecule has 0 aliphatic rings. The van der Waals surface area contributed by atoms with Crippen LogP contribution >= 0.6 is 0 Å². The van der Waals surface area contributed by atoms with Crippen LogP contribution < -0.4 is 5.73 Å². The van der Waals surface area contributed by atoms with Crippen molar-refractivity contribution in [3.05, 3.63) is 24.6 Å². The zero-order valence-corrected chi connectivity index (χ0v) is 5.67. The van der Waals surface area contributed by atoms with Gasteiger partial charge in [-0.2, -0.15) is 0 Å². The fourth-order valence-electron chi connectivity index (χ4n) is 0.289. The van der Waals surface area contributed by atoms with Crippen molar-refractivity contribution in [2.24, 2.45) is 10.7 Å². The second kappa shape index (κ2) is 5.09. The molecule has 0 saturated heterocycles. The number of nitrogens with two attached hydrogens (primary N) is 1. The van der Waals surface area contributed by atoms with E-state index in [-0.39, 0.29) is 0 Å². The number of aliphatic imine (C=N–C) groups is 1. The normalized spacial score (nSPS) is 11.2. The highest BCUT2D eigenvalue weighted by Crippen LogP contribution is 1.94. The smallest absolute Gasteiger partial charge is 0.0329 e. The van der Waals surface area contributed by atoms with Gasteiger partial charge in [0.1, 0.15) is 0 Å². The van der Waals surface area contributed by atoms with E-state index in [9.17, 15) is 0 Å². The lowest BCUT2D eigenvalue weighted by molar-refractivity contribution is 1.08. The Bertz CT molecular complexity index is 134. The highest BCUT2D eigenvalue weighted by Gasteiger charge is 1.77. The fourth-order valence-corrected chi connectivity index (χ4v) is 0.289. The number of hydrogen-bond acceptors (Lipinski definition) is 2. The van der Waals surface area contributed by atoms with Crippen molar-refractivity contribution in [1.29, 1.82) is 0 Å². The Hall–Kier alpha value is -1.05. The van der Waals surface area contributed by atoms with Gasteiger partial charge in [0.05, 0.1) is 0 Å². The molecule has 0 heterocycles. The number of nitrogens with zero attached hydrogens (tertiary/aromatic N) is 1. The second-order valence-corrected chi connectivity index (χ2v) is 1.58. The topological polar surface area (TPSA) is 38.4 Å². The summed E-state index contributed by atoms with van der Waals surface area (Å²) in [6.07, 6.45) is 5.62. The standard InChI is InChI=1S/C7H12N2/c1-3-7(2)9-6-4-5-8/h4-6H,2-3,8H2,1H3/b5-4-,9-6?. The first-order valence-electron chi connectivity index (χ1n) is 2.90. The monoisotopic (exact) mass is 124 g/mol. The third-order valence-electron chi connectivity index (χ3n) is 0.862. The maximum atomic E-state index is 5.05. The molecular formula is C7H12N2. The molecule has 0 aliphatic carbocycles. The summed E-state index contributed by atoms with van der Waals surface area (Å²) in [6, 6.07) is 0. The van der Waals surface area contributed by atoms with Gasteiger partial charge in [-0.25, -0.2) is 0 Å². The van der Waals surface area contributed by atoms with Crippen molar-refractivity contribution in [2.75, 3.05) is 0 Å². The van der Waals surface area contributed by atoms with E-state index in [1.165, 1.54) is 6.20 Å². The first kappa shape index (κ1) is 7.95. The van der Waals surface area contributed by atoms with Crippen LogP contribution in [0, 0.1) is 0 Å². The van der Waals surface area contributed by atoms with Crippen LogP contribution in [0.4, 0.5) is 0 Å². The van der Waals surface area contributed by atoms with Crippen LogP contribution in [-0.4, -0.2) is 6.21 Å². The minimum Gasteiger partial charge on any atom is -0.405 e. The molecule has 2 N–H and O–H groups in total. The maximum Gasteiger partial charge on any atom is 0.0329 e. The van der Waals surface area contributed by atoms with Crippen molar-refractivity contribution in [2.45, 2.75) is 13.3 Å². The SMILES string of the molecule is C=C(CC)N=C/C=C\N. The molecule has 0 aliphatic heterocycles. The third-order valence-corrected chi connectivity index (χ3v) is 0.862. The van der Waals surface area contributed by atoms with Gasteiger partial charge in [-0.05, 0) is 18.7 Å². The van der Waals surface area contributed by atoms with Gasteiger partial charge in [0, 0.05) is 11.9 Å². The molecule has 0 aromatic heterocycles. The summed E-state index contributed by atoms with van der Waals surface area (Å²) in [7, 11) is 0. The van der Waals surface area contributed by atoms with E-state index in [2.05, 4.69) is 11.6 Å². The molecule has 0 radical (unpaired) electrons. The Morgan fingerprint density at radius 3 is 2.89 bits per heavy atom. The average Bonchev–Trinajstić information content (AvgIpc) is 1.89. The Morgan fingerprint density at radius 1 is 1.78 bits per heavy atom. The molecule has 0 spiro atoms. The van der Waals surface area contributed by atoms with Crippen LogP contribution in [0.25, 0.3) is 0 Å². The van der Waals surface area contributed by atoms with Crippen LogP contribution in [0.5, 0.6) is 0 Å². The zero-order valence-electron chi connectivity index (χ0n) is 5.67. The summed E-state index contributed by atoms with van der Waals surface area (Å²) in [5.41, 5.74) is 5.92. The molecule has 0 fully saturated rings. The lowest BCUT2D eigenvalue weighted by Crippen LogP contribution is -1.77. The fraction of sp³-hybridized carbons (Fsp3) is 0.286. The van der Waals surface area contributed by atoms with E-state index in [4.69, 9.17) is 5.73 Å². The van der Waals surface area contributed by atoms with E-state index < -0.39 is 0 Å². The maximum absolute atomic E-state index is 5.05. The van der Waals surface area contributed by atoms with Crippen LogP contribution in [0.2, 0.25) is 0 Å². The highest BCUT2D eigenvalue weighted by atomic mass is 14.7. The van der Waals surface area contributed by atoms with Gasteiger partial charge in [0.15, 0.2) is 0 Å². The van der Waals surface area contributed by atoms with E-state index in [0.717, 1.165) is 12.1 Å². The molecule has 0 bridgehead atoms. The van der Waals surface area contributed by atoms with Crippen molar-refractivity contribution < 1.29 is 0 Å². The number of rotatable bonds is 3. The summed E-state index contributed by atoms with van der Waals surface area (Å²) in [4.78, 5) is 3.95. The van der Waals surface area contributed by atoms with Crippen LogP contribution in [-0.2, 0) is 0 Å². The molecule has 0 rings (SSSR count). The Kier molecular flexibility index (Phi) is 4.50. The van der Waals surface area contributed by atoms with Crippen molar-refractivity contribution in [1.82, 2.24) is 0 Å². The lowest BCUT2D eigenvalue weighted by atomic mass is 10.4. The molecule has 0 unspecified atom stereocenters. The molecule has 0 atom stereocenters. The van der Waals surface area contributed by atoms with Gasteiger partial charge in [0.25, 0.3) is 0 Å². The minimum absolute atomic E-state index is 0.869. The first-order valence-corrected chi connectivity index (χ1v) is 2.90. The van der Waals surface area contributed by atoms with Crippen molar-refractivity contribution >= 4 is 6.21 Å². The van der Waals surface area contributed by atoms with E-state index in [0.29, 0.717) is 0 Å². The van der Waals surface area contributed by atoms with Crippen LogP contribution in [0.1, 0.15) is 13.3 Å². The van der Waals surface area contributed by atoms with Gasteiger partial charge in [0.2, 0.25) is 0 Å². The molecule has 0 aromatic rings. The van der Waals surface area contributed by atoms with Gasteiger partial charge >= 0.3 is 0 Å². The Morgan fingerprint density at radius 2 is 2.44 bits per heavy atom.